The van der Waals surface area contributed by atoms with Crippen LogP contribution >= 0.6 is 0 Å². The van der Waals surface area contributed by atoms with Crippen molar-refractivity contribution in [3.8, 4) is 0 Å². The molecule has 3 amide bonds. The number of piperidine rings is 1. The van der Waals surface area contributed by atoms with Gasteiger partial charge in [-0.3, -0.25) is 14.4 Å². The van der Waals surface area contributed by atoms with Gasteiger partial charge in [-0.2, -0.15) is 0 Å². The molecule has 0 spiro atoms. The summed E-state index contributed by atoms with van der Waals surface area (Å²) < 4.78 is 26.6. The molecule has 1 unspecified atom stereocenters. The number of nitrogens with two attached hydrogens (primary N) is 1. The Balaban J connectivity index is 1.65. The minimum atomic E-state index is -1.08. The van der Waals surface area contributed by atoms with Crippen molar-refractivity contribution < 1.29 is 23.2 Å². The first-order chi connectivity index (χ1) is 14.3. The molecule has 0 saturated carbocycles. The first-order valence-electron chi connectivity index (χ1n) is 9.64. The topological polar surface area (TPSA) is 83.7 Å². The average Bonchev–Trinajstić information content (AvgIpc) is 2.73. The third-order valence-corrected chi connectivity index (χ3v) is 5.39. The van der Waals surface area contributed by atoms with Gasteiger partial charge < -0.3 is 15.5 Å². The molecule has 0 bridgehead atoms. The lowest BCUT2D eigenvalue weighted by atomic mass is 9.93. The molecule has 1 fully saturated rings. The third kappa shape index (κ3) is 4.64. The predicted molar refractivity (Wildman–Crippen MR) is 106 cm³/mol. The molecule has 0 aromatic heterocycles. The summed E-state index contributed by atoms with van der Waals surface area (Å²) in [5.74, 6) is -2.57. The molecule has 1 saturated heterocycles. The van der Waals surface area contributed by atoms with Crippen molar-refractivity contribution in [2.75, 3.05) is 20.1 Å². The molecule has 158 valence electrons. The van der Waals surface area contributed by atoms with Crippen LogP contribution in [0.4, 0.5) is 8.78 Å². The summed E-state index contributed by atoms with van der Waals surface area (Å²) in [7, 11) is 1.47. The van der Waals surface area contributed by atoms with E-state index in [0.717, 1.165) is 0 Å². The van der Waals surface area contributed by atoms with Gasteiger partial charge in [0, 0.05) is 31.6 Å². The van der Waals surface area contributed by atoms with E-state index in [4.69, 9.17) is 5.73 Å². The van der Waals surface area contributed by atoms with Crippen LogP contribution in [0.25, 0.3) is 0 Å². The number of nitrogens with zero attached hydrogens (tertiary/aromatic N) is 2. The van der Waals surface area contributed by atoms with Crippen LogP contribution in [0.15, 0.2) is 48.5 Å². The third-order valence-electron chi connectivity index (χ3n) is 5.39. The maximum absolute atomic E-state index is 13.6. The van der Waals surface area contributed by atoms with Gasteiger partial charge in [0.15, 0.2) is 0 Å². The van der Waals surface area contributed by atoms with Crippen LogP contribution in [-0.2, 0) is 9.59 Å². The number of carbonyl (C=O) groups excluding carboxylic acids is 3. The average molecular weight is 415 g/mol. The normalized spacial score (nSPS) is 15.5. The number of halogens is 2. The summed E-state index contributed by atoms with van der Waals surface area (Å²) in [5.41, 5.74) is 6.18. The zero-order valence-corrected chi connectivity index (χ0v) is 16.6. The number of likely N-dealkylation sites (N-methyl/N-ethyl adjacent to an activating group) is 1. The molecule has 6 nitrogen and oxygen atoms in total. The van der Waals surface area contributed by atoms with E-state index in [0.29, 0.717) is 37.1 Å². The fourth-order valence-electron chi connectivity index (χ4n) is 3.78. The van der Waals surface area contributed by atoms with E-state index in [1.165, 1.54) is 54.4 Å². The van der Waals surface area contributed by atoms with Gasteiger partial charge in [0.2, 0.25) is 11.8 Å². The van der Waals surface area contributed by atoms with Crippen LogP contribution in [0.3, 0.4) is 0 Å². The quantitative estimate of drug-likeness (QED) is 0.815. The van der Waals surface area contributed by atoms with Crippen molar-refractivity contribution in [2.24, 2.45) is 11.7 Å². The molecule has 1 aliphatic heterocycles. The highest BCUT2D eigenvalue weighted by Crippen LogP contribution is 2.26. The van der Waals surface area contributed by atoms with Gasteiger partial charge in [0.1, 0.15) is 17.7 Å². The molecule has 1 atom stereocenters. The largest absolute Gasteiger partial charge is 0.368 e. The fourth-order valence-corrected chi connectivity index (χ4v) is 3.78. The number of likely N-dealkylation sites (tertiary alicyclic amines) is 1. The monoisotopic (exact) mass is 415 g/mol. The molecule has 1 aliphatic rings. The van der Waals surface area contributed by atoms with Crippen LogP contribution < -0.4 is 5.73 Å². The number of primary amides is 1. The zero-order valence-electron chi connectivity index (χ0n) is 16.6. The van der Waals surface area contributed by atoms with E-state index >= 15 is 0 Å². The molecule has 3 rings (SSSR count). The molecule has 1 heterocycles. The van der Waals surface area contributed by atoms with Gasteiger partial charge in [-0.05, 0) is 54.8 Å². The second kappa shape index (κ2) is 9.02. The van der Waals surface area contributed by atoms with Gasteiger partial charge >= 0.3 is 0 Å². The van der Waals surface area contributed by atoms with Gasteiger partial charge in [-0.1, -0.05) is 12.1 Å². The number of hydrogen-bond acceptors (Lipinski definition) is 3. The van der Waals surface area contributed by atoms with E-state index in [1.54, 1.807) is 11.0 Å². The highest BCUT2D eigenvalue weighted by molar-refractivity contribution is 5.94. The van der Waals surface area contributed by atoms with Crippen LogP contribution in [0.5, 0.6) is 0 Å². The van der Waals surface area contributed by atoms with Gasteiger partial charge in [-0.25, -0.2) is 8.78 Å². The van der Waals surface area contributed by atoms with Gasteiger partial charge in [0.25, 0.3) is 5.91 Å². The van der Waals surface area contributed by atoms with E-state index in [1.807, 2.05) is 0 Å². The van der Waals surface area contributed by atoms with E-state index in [9.17, 15) is 23.2 Å². The number of amides is 3. The maximum Gasteiger partial charge on any atom is 0.253 e. The zero-order chi connectivity index (χ0) is 21.8. The standard InChI is InChI=1S/C22H23F2N3O3/c1-26(19(20(25)28)16-3-2-4-18(24)13-16)21(29)15-9-11-27(12-10-15)22(30)14-5-7-17(23)8-6-14/h2-8,13,15,19H,9-12H2,1H3,(H2,25,28). The van der Waals surface area contributed by atoms with Crippen molar-refractivity contribution in [3.05, 3.63) is 71.3 Å². The smallest absolute Gasteiger partial charge is 0.253 e. The molecule has 2 N–H and O–H groups in total. The molecule has 0 aliphatic carbocycles. The fraction of sp³-hybridized carbons (Fsp3) is 0.318. The van der Waals surface area contributed by atoms with E-state index in [-0.39, 0.29) is 17.7 Å². The van der Waals surface area contributed by atoms with E-state index in [2.05, 4.69) is 0 Å². The van der Waals surface area contributed by atoms with Crippen LogP contribution in [0.2, 0.25) is 0 Å². The van der Waals surface area contributed by atoms with Crippen LogP contribution in [-0.4, -0.2) is 47.7 Å². The van der Waals surface area contributed by atoms with Gasteiger partial charge in [0.05, 0.1) is 0 Å². The molecule has 2 aromatic rings. The number of hydrogen-bond donors (Lipinski definition) is 1. The summed E-state index contributed by atoms with van der Waals surface area (Å²) in [6.07, 6.45) is 0.843. The molecule has 8 heteroatoms. The summed E-state index contributed by atoms with van der Waals surface area (Å²) in [5, 5.41) is 0. The Labute approximate surface area is 173 Å². The Morgan fingerprint density at radius 2 is 1.67 bits per heavy atom. The molecule has 30 heavy (non-hydrogen) atoms. The van der Waals surface area contributed by atoms with Crippen molar-refractivity contribution in [1.29, 1.82) is 0 Å². The van der Waals surface area contributed by atoms with Crippen LogP contribution in [0.1, 0.15) is 34.8 Å². The minimum Gasteiger partial charge on any atom is -0.368 e. The van der Waals surface area contributed by atoms with Crippen molar-refractivity contribution in [1.82, 2.24) is 9.80 Å². The number of benzene rings is 2. The Kier molecular flexibility index (Phi) is 6.44. The lowest BCUT2D eigenvalue weighted by molar-refractivity contribution is -0.142. The lowest BCUT2D eigenvalue weighted by Crippen LogP contribution is -2.46. The first kappa shape index (κ1) is 21.4. The summed E-state index contributed by atoms with van der Waals surface area (Å²) in [6, 6.07) is 9.68. The van der Waals surface area contributed by atoms with Crippen LogP contribution in [0, 0.1) is 17.6 Å². The summed E-state index contributed by atoms with van der Waals surface area (Å²) in [6.45, 7) is 0.726. The SMILES string of the molecule is CN(C(=O)C1CCN(C(=O)c2ccc(F)cc2)CC1)C(C(N)=O)c1cccc(F)c1. The Hall–Kier alpha value is -3.29. The Morgan fingerprint density at radius 3 is 2.23 bits per heavy atom. The minimum absolute atomic E-state index is 0.218. The maximum atomic E-state index is 13.6. The Bertz CT molecular complexity index is 941. The first-order valence-corrected chi connectivity index (χ1v) is 9.64. The predicted octanol–water partition coefficient (Wildman–Crippen LogP) is 2.50. The van der Waals surface area contributed by atoms with E-state index < -0.39 is 23.6 Å². The molecular formula is C22H23F2N3O3. The van der Waals surface area contributed by atoms with Crippen molar-refractivity contribution in [2.45, 2.75) is 18.9 Å². The van der Waals surface area contributed by atoms with Crippen molar-refractivity contribution in [3.63, 3.8) is 0 Å². The highest BCUT2D eigenvalue weighted by atomic mass is 19.1. The van der Waals surface area contributed by atoms with Gasteiger partial charge in [-0.15, -0.1) is 0 Å². The van der Waals surface area contributed by atoms with Crippen molar-refractivity contribution >= 4 is 17.7 Å². The highest BCUT2D eigenvalue weighted by Gasteiger charge is 2.34. The summed E-state index contributed by atoms with van der Waals surface area (Å²) >= 11 is 0. The number of rotatable bonds is 5. The molecular weight excluding hydrogens is 392 g/mol. The second-order valence-electron chi connectivity index (χ2n) is 7.38. The second-order valence-corrected chi connectivity index (χ2v) is 7.38. The number of carbonyl (C=O) groups is 3. The summed E-state index contributed by atoms with van der Waals surface area (Å²) in [4.78, 5) is 40.4. The Morgan fingerprint density at radius 1 is 1.03 bits per heavy atom. The molecule has 2 aromatic carbocycles. The lowest BCUT2D eigenvalue weighted by Gasteiger charge is -2.35. The molecule has 0 radical (unpaired) electrons.